The molecule has 1 N–H and O–H groups in total. The fraction of sp³-hybridized carbons (Fsp3) is 0.545. The van der Waals surface area contributed by atoms with Gasteiger partial charge in [0.05, 0.1) is 37.8 Å². The van der Waals surface area contributed by atoms with Crippen LogP contribution in [-0.2, 0) is 9.47 Å². The fourth-order valence-electron chi connectivity index (χ4n) is 5.28. The van der Waals surface area contributed by atoms with Crippen molar-refractivity contribution >= 4 is 5.90 Å². The smallest absolute Gasteiger partial charge is 0.217 e. The van der Waals surface area contributed by atoms with Crippen LogP contribution in [0.3, 0.4) is 0 Å². The molecule has 2 heterocycles. The molecular weight excluding hydrogens is 384 g/mol. The molecule has 2 bridgehead atoms. The summed E-state index contributed by atoms with van der Waals surface area (Å²) in [7, 11) is 1.50. The summed E-state index contributed by atoms with van der Waals surface area (Å²) in [5.74, 6) is -1.12. The van der Waals surface area contributed by atoms with Crippen LogP contribution in [0, 0.1) is 56.2 Å². The van der Waals surface area contributed by atoms with E-state index in [9.17, 15) is 15.8 Å². The SMILES string of the molecule is CCOc1ccc([C@@H]2O[C@@]34CCCC[C@H]3[C@@](C#N)(C(=N)O4)C2(C#N)C#N)cc1OC. The van der Waals surface area contributed by atoms with Gasteiger partial charge in [-0.05, 0) is 37.5 Å². The Morgan fingerprint density at radius 1 is 1.17 bits per heavy atom. The Morgan fingerprint density at radius 3 is 2.57 bits per heavy atom. The lowest BCUT2D eigenvalue weighted by atomic mass is 9.51. The Morgan fingerprint density at radius 2 is 1.93 bits per heavy atom. The first-order valence-corrected chi connectivity index (χ1v) is 9.99. The van der Waals surface area contributed by atoms with Crippen molar-refractivity contribution < 1.29 is 18.9 Å². The second-order valence-electron chi connectivity index (χ2n) is 7.83. The zero-order valence-electron chi connectivity index (χ0n) is 16.9. The Bertz CT molecular complexity index is 1010. The summed E-state index contributed by atoms with van der Waals surface area (Å²) < 4.78 is 23.3. The minimum Gasteiger partial charge on any atom is -0.493 e. The van der Waals surface area contributed by atoms with Crippen LogP contribution in [0.15, 0.2) is 18.2 Å². The molecular formula is C22H22N4O4. The third kappa shape index (κ3) is 2.24. The monoisotopic (exact) mass is 406 g/mol. The van der Waals surface area contributed by atoms with E-state index in [1.54, 1.807) is 18.2 Å². The van der Waals surface area contributed by atoms with Crippen LogP contribution in [0.5, 0.6) is 11.5 Å². The first-order valence-electron chi connectivity index (χ1n) is 9.99. The molecule has 1 aliphatic carbocycles. The minimum absolute atomic E-state index is 0.347. The lowest BCUT2D eigenvalue weighted by molar-refractivity contribution is -0.294. The molecule has 0 spiro atoms. The summed E-state index contributed by atoms with van der Waals surface area (Å²) in [6, 6.07) is 11.4. The molecule has 154 valence electrons. The van der Waals surface area contributed by atoms with Gasteiger partial charge in [0.25, 0.3) is 0 Å². The molecule has 0 radical (unpaired) electrons. The van der Waals surface area contributed by atoms with Gasteiger partial charge in [0.1, 0.15) is 6.10 Å². The van der Waals surface area contributed by atoms with Gasteiger partial charge in [0.2, 0.25) is 17.1 Å². The summed E-state index contributed by atoms with van der Waals surface area (Å²) in [5.41, 5.74) is -3.15. The van der Waals surface area contributed by atoms with Crippen molar-refractivity contribution in [3.05, 3.63) is 23.8 Å². The quantitative estimate of drug-likeness (QED) is 0.807. The van der Waals surface area contributed by atoms with Crippen LogP contribution < -0.4 is 9.47 Å². The van der Waals surface area contributed by atoms with E-state index in [1.807, 2.05) is 6.92 Å². The Kier molecular flexibility index (Phi) is 4.60. The first-order chi connectivity index (χ1) is 14.5. The third-order valence-corrected chi connectivity index (χ3v) is 6.61. The Hall–Kier alpha value is -3.28. The summed E-state index contributed by atoms with van der Waals surface area (Å²) in [5, 5.41) is 39.3. The zero-order valence-corrected chi connectivity index (χ0v) is 16.9. The molecule has 30 heavy (non-hydrogen) atoms. The lowest BCUT2D eigenvalue weighted by Crippen LogP contribution is -2.60. The first kappa shape index (κ1) is 20.0. The van der Waals surface area contributed by atoms with E-state index in [0.29, 0.717) is 36.5 Å². The highest BCUT2D eigenvalue weighted by molar-refractivity contribution is 5.89. The van der Waals surface area contributed by atoms with Crippen LogP contribution in [0.25, 0.3) is 0 Å². The zero-order chi connectivity index (χ0) is 21.6. The van der Waals surface area contributed by atoms with Crippen LogP contribution in [0.2, 0.25) is 0 Å². The van der Waals surface area contributed by atoms with Gasteiger partial charge in [-0.2, -0.15) is 15.8 Å². The van der Waals surface area contributed by atoms with Crippen molar-refractivity contribution in [3.8, 4) is 29.7 Å². The lowest BCUT2D eigenvalue weighted by Gasteiger charge is -2.51. The third-order valence-electron chi connectivity index (χ3n) is 6.61. The van der Waals surface area contributed by atoms with E-state index in [0.717, 1.165) is 12.8 Å². The number of nitrogens with zero attached hydrogens (tertiary/aromatic N) is 3. The Labute approximate surface area is 175 Å². The van der Waals surface area contributed by atoms with Gasteiger partial charge >= 0.3 is 0 Å². The average Bonchev–Trinajstić information content (AvgIpc) is 2.98. The van der Waals surface area contributed by atoms with Gasteiger partial charge < -0.3 is 18.9 Å². The minimum atomic E-state index is -1.95. The van der Waals surface area contributed by atoms with Gasteiger partial charge in [-0.25, -0.2) is 0 Å². The van der Waals surface area contributed by atoms with Crippen LogP contribution in [0.4, 0.5) is 0 Å². The number of nitrogens with one attached hydrogen (secondary N) is 1. The number of hydrogen-bond donors (Lipinski definition) is 1. The van der Waals surface area contributed by atoms with E-state index in [1.165, 1.54) is 7.11 Å². The molecule has 2 saturated heterocycles. The largest absolute Gasteiger partial charge is 0.493 e. The molecule has 2 aliphatic heterocycles. The normalized spacial score (nSPS) is 33.2. The molecule has 4 atom stereocenters. The molecule has 0 amide bonds. The van der Waals surface area contributed by atoms with E-state index < -0.39 is 28.6 Å². The van der Waals surface area contributed by atoms with E-state index in [-0.39, 0.29) is 5.90 Å². The number of rotatable bonds is 4. The highest BCUT2D eigenvalue weighted by atomic mass is 16.7. The van der Waals surface area contributed by atoms with Crippen LogP contribution in [-0.4, -0.2) is 25.4 Å². The molecule has 1 aromatic rings. The molecule has 1 aromatic carbocycles. The number of ether oxygens (including phenoxy) is 4. The molecule has 3 aliphatic rings. The maximum atomic E-state index is 10.3. The average molecular weight is 406 g/mol. The van der Waals surface area contributed by atoms with Gasteiger partial charge in [0, 0.05) is 6.42 Å². The molecule has 0 aromatic heterocycles. The summed E-state index contributed by atoms with van der Waals surface area (Å²) in [6.07, 6.45) is 1.61. The molecule has 1 saturated carbocycles. The van der Waals surface area contributed by atoms with E-state index in [2.05, 4.69) is 18.2 Å². The second kappa shape index (κ2) is 6.90. The van der Waals surface area contributed by atoms with Crippen molar-refractivity contribution in [2.24, 2.45) is 16.7 Å². The van der Waals surface area contributed by atoms with Crippen molar-refractivity contribution in [2.75, 3.05) is 13.7 Å². The molecule has 0 unspecified atom stereocenters. The molecule has 4 rings (SSSR count). The number of nitriles is 3. The maximum absolute atomic E-state index is 10.3. The van der Waals surface area contributed by atoms with Crippen molar-refractivity contribution in [1.29, 1.82) is 21.2 Å². The van der Waals surface area contributed by atoms with Gasteiger partial charge in [-0.3, -0.25) is 5.41 Å². The number of methoxy groups -OCH3 is 1. The van der Waals surface area contributed by atoms with E-state index in [4.69, 9.17) is 24.4 Å². The maximum Gasteiger partial charge on any atom is 0.217 e. The summed E-state index contributed by atoms with van der Waals surface area (Å²) in [4.78, 5) is 0. The topological polar surface area (TPSA) is 132 Å². The molecule has 8 heteroatoms. The van der Waals surface area contributed by atoms with Crippen LogP contribution >= 0.6 is 0 Å². The predicted octanol–water partition coefficient (Wildman–Crippen LogP) is 3.60. The van der Waals surface area contributed by atoms with E-state index >= 15 is 0 Å². The number of benzene rings is 1. The summed E-state index contributed by atoms with van der Waals surface area (Å²) in [6.45, 7) is 2.30. The Balaban J connectivity index is 1.94. The molecule has 3 fully saturated rings. The van der Waals surface area contributed by atoms with Gasteiger partial charge in [0.15, 0.2) is 16.9 Å². The summed E-state index contributed by atoms with van der Waals surface area (Å²) >= 11 is 0. The standard InChI is InChI=1S/C22H22N4O4/c1-3-28-15-8-7-14(10-16(15)27-2)18-20(11-23,12-24)21(13-25)17-6-4-5-9-22(17,29-18)30-19(21)26/h7-8,10,17-18,26H,3-6,9H2,1-2H3/t17-,18-,21-,22+/m0/s1. The van der Waals surface area contributed by atoms with Crippen molar-refractivity contribution in [3.63, 3.8) is 0 Å². The fourth-order valence-corrected chi connectivity index (χ4v) is 5.28. The predicted molar refractivity (Wildman–Crippen MR) is 103 cm³/mol. The van der Waals surface area contributed by atoms with Gasteiger partial charge in [-0.15, -0.1) is 0 Å². The van der Waals surface area contributed by atoms with Gasteiger partial charge in [-0.1, -0.05) is 12.5 Å². The highest BCUT2D eigenvalue weighted by Gasteiger charge is 2.80. The molecule has 8 nitrogen and oxygen atoms in total. The number of hydrogen-bond acceptors (Lipinski definition) is 8. The van der Waals surface area contributed by atoms with Crippen molar-refractivity contribution in [1.82, 2.24) is 0 Å². The van der Waals surface area contributed by atoms with Crippen molar-refractivity contribution in [2.45, 2.75) is 44.5 Å². The van der Waals surface area contributed by atoms with Crippen LogP contribution in [0.1, 0.15) is 44.3 Å². The second-order valence-corrected chi connectivity index (χ2v) is 7.83. The highest BCUT2D eigenvalue weighted by Crippen LogP contribution is 2.69.